The van der Waals surface area contributed by atoms with Gasteiger partial charge < -0.3 is 9.72 Å². The highest BCUT2D eigenvalue weighted by Gasteiger charge is 2.32. The summed E-state index contributed by atoms with van der Waals surface area (Å²) in [4.78, 5) is 39.7. The Morgan fingerprint density at radius 3 is 2.68 bits per heavy atom. The maximum absolute atomic E-state index is 14.7. The van der Waals surface area contributed by atoms with Crippen LogP contribution in [0.2, 0.25) is 0 Å². The zero-order valence-electron chi connectivity index (χ0n) is 18.8. The molecule has 34 heavy (non-hydrogen) atoms. The Morgan fingerprint density at radius 2 is 2.00 bits per heavy atom. The van der Waals surface area contributed by atoms with Gasteiger partial charge in [-0.3, -0.25) is 19.6 Å². The van der Waals surface area contributed by atoms with Gasteiger partial charge >= 0.3 is 6.09 Å². The summed E-state index contributed by atoms with van der Waals surface area (Å²) in [7, 11) is 0. The van der Waals surface area contributed by atoms with Gasteiger partial charge in [-0.2, -0.15) is 5.10 Å². The first-order valence-electron chi connectivity index (χ1n) is 11.6. The van der Waals surface area contributed by atoms with Crippen molar-refractivity contribution in [3.8, 4) is 11.3 Å². The number of imide groups is 1. The molecular weight excluding hydrogens is 439 g/mol. The van der Waals surface area contributed by atoms with Gasteiger partial charge in [0.25, 0.3) is 11.5 Å². The molecule has 0 spiro atoms. The zero-order chi connectivity index (χ0) is 23.8. The minimum absolute atomic E-state index is 0.0793. The van der Waals surface area contributed by atoms with Crippen LogP contribution < -0.4 is 10.9 Å². The third kappa shape index (κ3) is 4.02. The Labute approximate surface area is 194 Å². The Bertz CT molecular complexity index is 1370. The summed E-state index contributed by atoms with van der Waals surface area (Å²) in [6.45, 7) is 2.52. The molecule has 0 bridgehead atoms. The number of benzene rings is 1. The topological polar surface area (TPSA) is 106 Å². The van der Waals surface area contributed by atoms with E-state index in [4.69, 9.17) is 4.74 Å². The van der Waals surface area contributed by atoms with Gasteiger partial charge in [0.15, 0.2) is 5.76 Å². The van der Waals surface area contributed by atoms with E-state index in [1.807, 2.05) is 13.0 Å². The summed E-state index contributed by atoms with van der Waals surface area (Å²) in [5.41, 5.74) is 1.85. The van der Waals surface area contributed by atoms with E-state index in [-0.39, 0.29) is 23.2 Å². The lowest BCUT2D eigenvalue weighted by molar-refractivity contribution is -0.116. The largest absolute Gasteiger partial charge is 0.419 e. The predicted molar refractivity (Wildman–Crippen MR) is 123 cm³/mol. The number of pyridine rings is 1. The smallest absolute Gasteiger partial charge is 0.404 e. The molecule has 1 saturated heterocycles. The maximum Gasteiger partial charge on any atom is 0.419 e. The lowest BCUT2D eigenvalue weighted by Gasteiger charge is -2.28. The summed E-state index contributed by atoms with van der Waals surface area (Å²) in [5, 5.41) is 6.74. The Balaban J connectivity index is 1.55. The molecule has 3 aromatic rings. The molecule has 1 aliphatic heterocycles. The van der Waals surface area contributed by atoms with Gasteiger partial charge in [-0.25, -0.2) is 9.18 Å². The number of carbonyl (C=O) groups is 2. The minimum Gasteiger partial charge on any atom is -0.404 e. The molecule has 2 aromatic heterocycles. The number of aromatic nitrogens is 3. The lowest BCUT2D eigenvalue weighted by atomic mass is 9.76. The molecule has 0 radical (unpaired) electrons. The van der Waals surface area contributed by atoms with Crippen LogP contribution in [-0.2, 0) is 16.1 Å². The SMILES string of the molecule is CCn1ncc2c(F)cc(-c3ccc(C(C=C4OC(=O)NC4=O)C4CCCCC4)c(=O)[nH]3)cc21. The highest BCUT2D eigenvalue weighted by Crippen LogP contribution is 2.37. The van der Waals surface area contributed by atoms with Crippen molar-refractivity contribution in [1.82, 2.24) is 20.1 Å². The van der Waals surface area contributed by atoms with E-state index in [9.17, 15) is 18.8 Å². The summed E-state index contributed by atoms with van der Waals surface area (Å²) in [5.74, 6) is -1.32. The number of allylic oxidation sites excluding steroid dienone is 1. The molecule has 2 aliphatic rings. The number of cyclic esters (lactones) is 1. The van der Waals surface area contributed by atoms with Crippen LogP contribution >= 0.6 is 0 Å². The number of carbonyl (C=O) groups excluding carboxylic acids is 2. The van der Waals surface area contributed by atoms with Crippen molar-refractivity contribution in [2.45, 2.75) is 51.5 Å². The average Bonchev–Trinajstić information content (AvgIpc) is 3.40. The summed E-state index contributed by atoms with van der Waals surface area (Å²) in [6.07, 6.45) is 7.30. The van der Waals surface area contributed by atoms with Gasteiger partial charge in [-0.1, -0.05) is 25.3 Å². The van der Waals surface area contributed by atoms with E-state index in [2.05, 4.69) is 15.4 Å². The van der Waals surface area contributed by atoms with E-state index in [0.717, 1.165) is 32.1 Å². The highest BCUT2D eigenvalue weighted by atomic mass is 19.1. The molecule has 2 N–H and O–H groups in total. The average molecular weight is 464 g/mol. The van der Waals surface area contributed by atoms with Crippen molar-refractivity contribution < 1.29 is 18.7 Å². The number of aromatic amines is 1. The van der Waals surface area contributed by atoms with Crippen LogP contribution in [0.3, 0.4) is 0 Å². The second-order valence-corrected chi connectivity index (χ2v) is 8.81. The van der Waals surface area contributed by atoms with E-state index in [1.54, 1.807) is 22.9 Å². The summed E-state index contributed by atoms with van der Waals surface area (Å²) in [6, 6.07) is 6.66. The maximum atomic E-state index is 14.7. The second kappa shape index (κ2) is 8.89. The van der Waals surface area contributed by atoms with Crippen molar-refractivity contribution in [2.75, 3.05) is 0 Å². The van der Waals surface area contributed by atoms with E-state index in [0.29, 0.717) is 34.3 Å². The molecule has 1 saturated carbocycles. The fraction of sp³-hybridized carbons (Fsp3) is 0.360. The molecule has 2 amide bonds. The molecule has 9 heteroatoms. The number of halogens is 1. The van der Waals surface area contributed by atoms with Crippen molar-refractivity contribution in [1.29, 1.82) is 0 Å². The minimum atomic E-state index is -0.813. The number of hydrogen-bond donors (Lipinski definition) is 2. The van der Waals surface area contributed by atoms with Crippen LogP contribution in [0, 0.1) is 11.7 Å². The lowest BCUT2D eigenvalue weighted by Crippen LogP contribution is -2.24. The van der Waals surface area contributed by atoms with Crippen LogP contribution in [-0.4, -0.2) is 26.8 Å². The number of ether oxygens (including phenoxy) is 1. The second-order valence-electron chi connectivity index (χ2n) is 8.81. The number of nitrogens with zero attached hydrogens (tertiary/aromatic N) is 2. The molecule has 1 atom stereocenters. The highest BCUT2D eigenvalue weighted by molar-refractivity contribution is 6.07. The van der Waals surface area contributed by atoms with Gasteiger partial charge in [0.1, 0.15) is 5.82 Å². The molecule has 1 aliphatic carbocycles. The first kappa shape index (κ1) is 22.1. The monoisotopic (exact) mass is 464 g/mol. The third-order valence-electron chi connectivity index (χ3n) is 6.75. The summed E-state index contributed by atoms with van der Waals surface area (Å²) < 4.78 is 21.4. The van der Waals surface area contributed by atoms with Crippen LogP contribution in [0.5, 0.6) is 0 Å². The molecule has 3 heterocycles. The molecule has 1 unspecified atom stereocenters. The van der Waals surface area contributed by atoms with Crippen molar-refractivity contribution >= 4 is 22.9 Å². The molecule has 176 valence electrons. The van der Waals surface area contributed by atoms with Crippen molar-refractivity contribution in [3.63, 3.8) is 0 Å². The number of alkyl carbamates (subject to hydrolysis) is 1. The number of fused-ring (bicyclic) bond motifs is 1. The molecule has 5 rings (SSSR count). The predicted octanol–water partition coefficient (Wildman–Crippen LogP) is 4.36. The first-order valence-corrected chi connectivity index (χ1v) is 11.6. The fourth-order valence-corrected chi connectivity index (χ4v) is 5.03. The van der Waals surface area contributed by atoms with Crippen LogP contribution in [0.25, 0.3) is 22.2 Å². The third-order valence-corrected chi connectivity index (χ3v) is 6.75. The van der Waals surface area contributed by atoms with Crippen LogP contribution in [0.4, 0.5) is 9.18 Å². The Morgan fingerprint density at radius 1 is 1.21 bits per heavy atom. The van der Waals surface area contributed by atoms with Gasteiger partial charge in [0.05, 0.1) is 17.1 Å². The Hall–Kier alpha value is -3.75. The van der Waals surface area contributed by atoms with Gasteiger partial charge in [0, 0.05) is 29.3 Å². The standard InChI is InChI=1S/C25H25FN4O4/c1-2-30-21-11-15(10-19(26)18(21)13-27-30)20-9-8-16(23(31)28-20)17(14-6-4-3-5-7-14)12-22-24(32)29-25(33)34-22/h8-14,17H,2-7H2,1H3,(H,28,31)(H,29,32,33). The normalized spacial score (nSPS) is 18.9. The number of hydrogen-bond acceptors (Lipinski definition) is 5. The van der Waals surface area contributed by atoms with Crippen molar-refractivity contribution in [3.05, 3.63) is 64.0 Å². The zero-order valence-corrected chi connectivity index (χ0v) is 18.8. The quantitative estimate of drug-likeness (QED) is 0.546. The first-order chi connectivity index (χ1) is 16.4. The number of nitrogens with one attached hydrogen (secondary N) is 2. The van der Waals surface area contributed by atoms with Crippen molar-refractivity contribution in [2.24, 2.45) is 5.92 Å². The molecule has 2 fully saturated rings. The number of aryl methyl sites for hydroxylation is 1. The fourth-order valence-electron chi connectivity index (χ4n) is 5.03. The molecule has 1 aromatic carbocycles. The van der Waals surface area contributed by atoms with E-state index in [1.165, 1.54) is 12.3 Å². The molecular formula is C25H25FN4O4. The van der Waals surface area contributed by atoms with E-state index >= 15 is 0 Å². The van der Waals surface area contributed by atoms with E-state index < -0.39 is 17.8 Å². The number of rotatable bonds is 5. The Kier molecular flexibility index (Phi) is 5.77. The van der Waals surface area contributed by atoms with Gasteiger partial charge in [-0.15, -0.1) is 0 Å². The summed E-state index contributed by atoms with van der Waals surface area (Å²) >= 11 is 0. The number of H-pyrrole nitrogens is 1. The van der Waals surface area contributed by atoms with Crippen LogP contribution in [0.15, 0.2) is 47.1 Å². The molecule has 8 nitrogen and oxygen atoms in total. The number of amides is 2. The van der Waals surface area contributed by atoms with Gasteiger partial charge in [0.2, 0.25) is 0 Å². The van der Waals surface area contributed by atoms with Crippen LogP contribution in [0.1, 0.15) is 50.5 Å². The van der Waals surface area contributed by atoms with Gasteiger partial charge in [-0.05, 0) is 50.0 Å².